The van der Waals surface area contributed by atoms with Gasteiger partial charge in [0.2, 0.25) is 5.75 Å². The summed E-state index contributed by atoms with van der Waals surface area (Å²) in [6, 6.07) is 12.3. The Labute approximate surface area is 131 Å². The van der Waals surface area contributed by atoms with Crippen LogP contribution in [0.15, 0.2) is 46.9 Å². The minimum Gasteiger partial charge on any atom is -0.449 e. The molecule has 1 atom stereocenters. The lowest BCUT2D eigenvalue weighted by Gasteiger charge is -2.16. The smallest absolute Gasteiger partial charge is 0.312 e. The number of nitrogens with one attached hydrogen (secondary N) is 1. The number of hydrogen-bond donors (Lipinski definition) is 1. The van der Waals surface area contributed by atoms with Crippen LogP contribution in [0.1, 0.15) is 18.5 Å². The van der Waals surface area contributed by atoms with Gasteiger partial charge in [-0.3, -0.25) is 10.1 Å². The van der Waals surface area contributed by atoms with Gasteiger partial charge in [-0.1, -0.05) is 24.3 Å². The second kappa shape index (κ2) is 6.69. The number of hydrogen-bond acceptors (Lipinski definition) is 4. The van der Waals surface area contributed by atoms with E-state index in [0.717, 1.165) is 5.56 Å². The monoisotopic (exact) mass is 350 g/mol. The largest absolute Gasteiger partial charge is 0.449 e. The number of nitro groups is 1. The molecule has 0 aliphatic heterocycles. The van der Waals surface area contributed by atoms with Crippen molar-refractivity contribution in [2.75, 3.05) is 7.05 Å². The maximum Gasteiger partial charge on any atom is 0.312 e. The summed E-state index contributed by atoms with van der Waals surface area (Å²) in [5.74, 6) is 0.799. The summed E-state index contributed by atoms with van der Waals surface area (Å²) in [7, 11) is 1.85. The first kappa shape index (κ1) is 15.5. The molecule has 0 radical (unpaired) electrons. The maximum atomic E-state index is 11.1. The van der Waals surface area contributed by atoms with E-state index in [-0.39, 0.29) is 17.5 Å². The van der Waals surface area contributed by atoms with Crippen LogP contribution in [0.4, 0.5) is 5.69 Å². The lowest BCUT2D eigenvalue weighted by Crippen LogP contribution is -2.13. The van der Waals surface area contributed by atoms with Gasteiger partial charge >= 0.3 is 5.69 Å². The molecule has 1 N–H and O–H groups in total. The van der Waals surface area contributed by atoms with Gasteiger partial charge in [0.25, 0.3) is 0 Å². The molecule has 21 heavy (non-hydrogen) atoms. The molecule has 0 saturated heterocycles. The first-order valence-electron chi connectivity index (χ1n) is 6.41. The Balaban J connectivity index is 2.46. The lowest BCUT2D eigenvalue weighted by molar-refractivity contribution is -0.385. The highest BCUT2D eigenvalue weighted by Gasteiger charge is 2.20. The van der Waals surface area contributed by atoms with Crippen molar-refractivity contribution in [3.63, 3.8) is 0 Å². The van der Waals surface area contributed by atoms with Crippen molar-refractivity contribution in [2.45, 2.75) is 13.0 Å². The summed E-state index contributed by atoms with van der Waals surface area (Å²) < 4.78 is 6.37. The average molecular weight is 351 g/mol. The van der Waals surface area contributed by atoms with Gasteiger partial charge in [0.15, 0.2) is 0 Å². The quantitative estimate of drug-likeness (QED) is 0.639. The van der Waals surface area contributed by atoms with Gasteiger partial charge in [-0.05, 0) is 42.0 Å². The van der Waals surface area contributed by atoms with Gasteiger partial charge in [0.05, 0.1) is 9.40 Å². The molecule has 0 heterocycles. The highest BCUT2D eigenvalue weighted by Crippen LogP contribution is 2.39. The van der Waals surface area contributed by atoms with Crippen molar-refractivity contribution >= 4 is 21.6 Å². The Morgan fingerprint density at radius 3 is 2.62 bits per heavy atom. The molecule has 0 fully saturated rings. The van der Waals surface area contributed by atoms with Gasteiger partial charge < -0.3 is 10.1 Å². The summed E-state index contributed by atoms with van der Waals surface area (Å²) in [5.41, 5.74) is 0.862. The fourth-order valence-electron chi connectivity index (χ4n) is 1.94. The summed E-state index contributed by atoms with van der Waals surface area (Å²) >= 11 is 3.31. The zero-order valence-corrected chi connectivity index (χ0v) is 13.3. The predicted molar refractivity (Wildman–Crippen MR) is 84.8 cm³/mol. The molecule has 1 unspecified atom stereocenters. The van der Waals surface area contributed by atoms with E-state index in [0.29, 0.717) is 10.2 Å². The van der Waals surface area contributed by atoms with E-state index in [2.05, 4.69) is 21.2 Å². The van der Waals surface area contributed by atoms with Crippen LogP contribution in [-0.2, 0) is 0 Å². The molecule has 2 rings (SSSR count). The van der Waals surface area contributed by atoms with Crippen LogP contribution in [-0.4, -0.2) is 12.0 Å². The Morgan fingerprint density at radius 2 is 1.95 bits per heavy atom. The third-order valence-electron chi connectivity index (χ3n) is 3.17. The van der Waals surface area contributed by atoms with Crippen molar-refractivity contribution in [1.29, 1.82) is 0 Å². The van der Waals surface area contributed by atoms with Gasteiger partial charge in [0, 0.05) is 17.7 Å². The Bertz CT molecular complexity index is 661. The third kappa shape index (κ3) is 3.40. The van der Waals surface area contributed by atoms with E-state index < -0.39 is 4.92 Å². The molecule has 110 valence electrons. The van der Waals surface area contributed by atoms with E-state index in [4.69, 9.17) is 4.74 Å². The summed E-state index contributed by atoms with van der Waals surface area (Å²) in [4.78, 5) is 10.7. The lowest BCUT2D eigenvalue weighted by atomic mass is 10.1. The van der Waals surface area contributed by atoms with Gasteiger partial charge in [0.1, 0.15) is 5.75 Å². The number of ether oxygens (including phenoxy) is 1. The Kier molecular flexibility index (Phi) is 4.93. The van der Waals surface area contributed by atoms with Crippen molar-refractivity contribution < 1.29 is 9.66 Å². The zero-order chi connectivity index (χ0) is 15.4. The number of para-hydroxylation sites is 2. The SMILES string of the molecule is CNC(C)c1ccccc1Oc1c(Br)cccc1[N+](=O)[O-]. The van der Waals surface area contributed by atoms with E-state index >= 15 is 0 Å². The van der Waals surface area contributed by atoms with Gasteiger partial charge in [-0.15, -0.1) is 0 Å². The standard InChI is InChI=1S/C15H15BrN2O3/c1-10(17-2)11-6-3-4-9-14(11)21-15-12(16)7-5-8-13(15)18(19)20/h3-10,17H,1-2H3. The minimum atomic E-state index is -0.454. The van der Waals surface area contributed by atoms with Crippen LogP contribution < -0.4 is 10.1 Å². The fourth-order valence-corrected chi connectivity index (χ4v) is 2.38. The molecule has 6 heteroatoms. The Morgan fingerprint density at radius 1 is 1.24 bits per heavy atom. The van der Waals surface area contributed by atoms with Crippen LogP contribution in [0.3, 0.4) is 0 Å². The van der Waals surface area contributed by atoms with Crippen LogP contribution in [0.2, 0.25) is 0 Å². The molecule has 0 spiro atoms. The van der Waals surface area contributed by atoms with E-state index in [9.17, 15) is 10.1 Å². The second-order valence-corrected chi connectivity index (χ2v) is 5.35. The summed E-state index contributed by atoms with van der Waals surface area (Å²) in [5, 5.41) is 14.3. The fraction of sp³-hybridized carbons (Fsp3) is 0.200. The topological polar surface area (TPSA) is 64.4 Å². The van der Waals surface area contributed by atoms with Crippen LogP contribution in [0.5, 0.6) is 11.5 Å². The van der Waals surface area contributed by atoms with E-state index in [1.165, 1.54) is 6.07 Å². The predicted octanol–water partition coefficient (Wildman–Crippen LogP) is 4.43. The summed E-state index contributed by atoms with van der Waals surface area (Å²) in [6.45, 7) is 2.00. The molecule has 0 aromatic heterocycles. The van der Waals surface area contributed by atoms with Crippen LogP contribution >= 0.6 is 15.9 Å². The highest BCUT2D eigenvalue weighted by atomic mass is 79.9. The minimum absolute atomic E-state index is 0.0720. The molecule has 0 aliphatic rings. The second-order valence-electron chi connectivity index (χ2n) is 4.50. The molecular formula is C15H15BrN2O3. The van der Waals surface area contributed by atoms with Crippen molar-refractivity contribution in [1.82, 2.24) is 5.32 Å². The summed E-state index contributed by atoms with van der Waals surface area (Å²) in [6.07, 6.45) is 0. The Hall–Kier alpha value is -1.92. The zero-order valence-electron chi connectivity index (χ0n) is 11.7. The van der Waals surface area contributed by atoms with Crippen molar-refractivity contribution in [2.24, 2.45) is 0 Å². The maximum absolute atomic E-state index is 11.1. The average Bonchev–Trinajstić information content (AvgIpc) is 2.48. The van der Waals surface area contributed by atoms with E-state index in [1.54, 1.807) is 18.2 Å². The molecular weight excluding hydrogens is 336 g/mol. The molecule has 0 aliphatic carbocycles. The third-order valence-corrected chi connectivity index (χ3v) is 3.80. The first-order chi connectivity index (χ1) is 10.0. The van der Waals surface area contributed by atoms with Gasteiger partial charge in [-0.2, -0.15) is 0 Å². The van der Waals surface area contributed by atoms with E-state index in [1.807, 2.05) is 32.2 Å². The molecule has 2 aromatic rings. The highest BCUT2D eigenvalue weighted by molar-refractivity contribution is 9.10. The van der Waals surface area contributed by atoms with Crippen LogP contribution in [0.25, 0.3) is 0 Å². The molecule has 0 bridgehead atoms. The number of rotatable bonds is 5. The first-order valence-corrected chi connectivity index (χ1v) is 7.21. The molecule has 0 amide bonds. The van der Waals surface area contributed by atoms with Crippen molar-refractivity contribution in [3.8, 4) is 11.5 Å². The number of halogens is 1. The molecule has 0 saturated carbocycles. The number of nitrogens with zero attached hydrogens (tertiary/aromatic N) is 1. The number of benzene rings is 2. The number of nitro benzene ring substituents is 1. The normalized spacial score (nSPS) is 12.0. The molecule has 2 aromatic carbocycles. The van der Waals surface area contributed by atoms with Gasteiger partial charge in [-0.25, -0.2) is 0 Å². The molecule has 5 nitrogen and oxygen atoms in total. The van der Waals surface area contributed by atoms with Crippen molar-refractivity contribution in [3.05, 3.63) is 62.6 Å². The van der Waals surface area contributed by atoms with Crippen LogP contribution in [0, 0.1) is 10.1 Å².